The summed E-state index contributed by atoms with van der Waals surface area (Å²) in [5.41, 5.74) is 1.13. The van der Waals surface area contributed by atoms with Crippen LogP contribution in [0.15, 0.2) is 18.2 Å². The minimum absolute atomic E-state index is 0.467. The number of benzene rings is 1. The fourth-order valence-corrected chi connectivity index (χ4v) is 1.46. The highest BCUT2D eigenvalue weighted by molar-refractivity contribution is 6.31. The lowest BCUT2D eigenvalue weighted by Gasteiger charge is -2.10. The molecule has 0 spiro atoms. The molecule has 0 heterocycles. The van der Waals surface area contributed by atoms with Gasteiger partial charge in [0.1, 0.15) is 13.2 Å². The third-order valence-corrected chi connectivity index (χ3v) is 2.64. The number of carboxylic acid groups (broad SMARTS) is 1. The molecule has 1 aromatic carbocycles. The molecule has 0 unspecified atom stereocenters. The summed E-state index contributed by atoms with van der Waals surface area (Å²) in [6.07, 6.45) is 0. The van der Waals surface area contributed by atoms with Gasteiger partial charge in [0.25, 0.3) is 5.91 Å². The van der Waals surface area contributed by atoms with E-state index in [0.717, 1.165) is 0 Å². The first-order chi connectivity index (χ1) is 9.40. The van der Waals surface area contributed by atoms with Crippen LogP contribution in [0, 0.1) is 6.92 Å². The Morgan fingerprint density at radius 1 is 1.30 bits per heavy atom. The summed E-state index contributed by atoms with van der Waals surface area (Å²) in [7, 11) is 0. The first kappa shape index (κ1) is 15.9. The fourth-order valence-electron chi connectivity index (χ4n) is 1.29. The number of anilines is 1. The summed E-state index contributed by atoms with van der Waals surface area (Å²) in [6.45, 7) is 0.590. The minimum atomic E-state index is -1.20. The zero-order chi connectivity index (χ0) is 15.1. The van der Waals surface area contributed by atoms with E-state index in [9.17, 15) is 14.4 Å². The van der Waals surface area contributed by atoms with Gasteiger partial charge in [0, 0.05) is 10.7 Å². The second-order valence-electron chi connectivity index (χ2n) is 3.80. The molecule has 0 aliphatic carbocycles. The molecule has 0 bridgehead atoms. The van der Waals surface area contributed by atoms with Gasteiger partial charge in [-0.1, -0.05) is 17.7 Å². The zero-order valence-corrected chi connectivity index (χ0v) is 11.4. The van der Waals surface area contributed by atoms with Gasteiger partial charge in [-0.05, 0) is 24.6 Å². The van der Waals surface area contributed by atoms with Crippen molar-refractivity contribution in [3.63, 3.8) is 0 Å². The molecule has 7 nitrogen and oxygen atoms in total. The molecular weight excluding hydrogens is 288 g/mol. The Hall–Kier alpha value is -2.12. The van der Waals surface area contributed by atoms with Crippen LogP contribution in [0.25, 0.3) is 0 Å². The fraction of sp³-hybridized carbons (Fsp3) is 0.250. The molecule has 0 radical (unpaired) electrons. The molecule has 8 heteroatoms. The van der Waals surface area contributed by atoms with Crippen molar-refractivity contribution in [3.05, 3.63) is 28.8 Å². The Morgan fingerprint density at radius 3 is 2.65 bits per heavy atom. The second-order valence-corrected chi connectivity index (χ2v) is 4.21. The summed E-state index contributed by atoms with van der Waals surface area (Å²) in [4.78, 5) is 33.0. The molecule has 20 heavy (non-hydrogen) atoms. The summed E-state index contributed by atoms with van der Waals surface area (Å²) < 4.78 is 4.54. The number of nitrogens with one attached hydrogen (secondary N) is 2. The predicted octanol–water partition coefficient (Wildman–Crippen LogP) is 1.40. The third-order valence-electron chi connectivity index (χ3n) is 2.23. The van der Waals surface area contributed by atoms with E-state index in [4.69, 9.17) is 16.7 Å². The second kappa shape index (κ2) is 7.46. The van der Waals surface area contributed by atoms with E-state index in [0.29, 0.717) is 16.3 Å². The van der Waals surface area contributed by atoms with Gasteiger partial charge in [0.05, 0.1) is 0 Å². The molecule has 0 saturated heterocycles. The number of hydrogen-bond donors (Lipinski definition) is 3. The topological polar surface area (TPSA) is 105 Å². The van der Waals surface area contributed by atoms with Crippen molar-refractivity contribution < 1.29 is 24.2 Å². The van der Waals surface area contributed by atoms with Crippen molar-refractivity contribution in [1.29, 1.82) is 0 Å². The average molecular weight is 301 g/mol. The van der Waals surface area contributed by atoms with Gasteiger partial charge in [-0.15, -0.1) is 0 Å². The molecule has 0 aromatic heterocycles. The maximum absolute atomic E-state index is 11.5. The summed E-state index contributed by atoms with van der Waals surface area (Å²) >= 11 is 5.89. The molecular formula is C12H13ClN2O5. The van der Waals surface area contributed by atoms with Gasteiger partial charge in [0.2, 0.25) is 0 Å². The minimum Gasteiger partial charge on any atom is -0.480 e. The molecule has 1 rings (SSSR count). The van der Waals surface area contributed by atoms with Gasteiger partial charge < -0.3 is 15.2 Å². The number of hydrogen-bond acceptors (Lipinski definition) is 4. The van der Waals surface area contributed by atoms with E-state index in [1.54, 1.807) is 25.1 Å². The van der Waals surface area contributed by atoms with E-state index in [-0.39, 0.29) is 0 Å². The molecule has 0 aliphatic heterocycles. The first-order valence-electron chi connectivity index (χ1n) is 5.55. The molecule has 108 valence electrons. The summed E-state index contributed by atoms with van der Waals surface area (Å²) in [5, 5.41) is 13.2. The third kappa shape index (κ3) is 5.25. The Morgan fingerprint density at radius 2 is 2.00 bits per heavy atom. The van der Waals surface area contributed by atoms with Gasteiger partial charge in [0.15, 0.2) is 0 Å². The Balaban J connectivity index is 2.45. The maximum atomic E-state index is 11.5. The number of carboxylic acids is 1. The number of rotatable bonds is 5. The van der Waals surface area contributed by atoms with Crippen LogP contribution in [0.2, 0.25) is 5.02 Å². The average Bonchev–Trinajstić information content (AvgIpc) is 2.34. The molecule has 0 saturated carbocycles. The predicted molar refractivity (Wildman–Crippen MR) is 71.8 cm³/mol. The van der Waals surface area contributed by atoms with Crippen LogP contribution in [0.5, 0.6) is 0 Å². The standard InChI is InChI=1S/C12H13ClN2O5/c1-7-8(13)3-2-4-9(7)14-12(19)15-10(16)5-20-6-11(17)18/h2-4H,5-6H2,1H3,(H,17,18)(H2,14,15,16,19). The highest BCUT2D eigenvalue weighted by Crippen LogP contribution is 2.22. The molecule has 1 aromatic rings. The van der Waals surface area contributed by atoms with E-state index in [1.165, 1.54) is 0 Å². The van der Waals surface area contributed by atoms with Crippen LogP contribution in [0.3, 0.4) is 0 Å². The Kier molecular flexibility index (Phi) is 5.95. The van der Waals surface area contributed by atoms with Crippen LogP contribution < -0.4 is 10.6 Å². The van der Waals surface area contributed by atoms with Crippen molar-refractivity contribution in [2.75, 3.05) is 18.5 Å². The van der Waals surface area contributed by atoms with Crippen LogP contribution >= 0.6 is 11.6 Å². The number of ether oxygens (including phenoxy) is 1. The quantitative estimate of drug-likeness (QED) is 0.762. The molecule has 3 N–H and O–H groups in total. The number of halogens is 1. The lowest BCUT2D eigenvalue weighted by atomic mass is 10.2. The number of urea groups is 1. The highest BCUT2D eigenvalue weighted by atomic mass is 35.5. The number of carbonyl (C=O) groups is 3. The Bertz CT molecular complexity index is 533. The maximum Gasteiger partial charge on any atom is 0.329 e. The normalized spacial score (nSPS) is 9.90. The van der Waals surface area contributed by atoms with Gasteiger partial charge in [-0.3, -0.25) is 10.1 Å². The van der Waals surface area contributed by atoms with Crippen LogP contribution in [-0.2, 0) is 14.3 Å². The molecule has 0 aliphatic rings. The van der Waals surface area contributed by atoms with Crippen molar-refractivity contribution >= 4 is 35.2 Å². The number of carbonyl (C=O) groups excluding carboxylic acids is 2. The van der Waals surface area contributed by atoms with Gasteiger partial charge >= 0.3 is 12.0 Å². The monoisotopic (exact) mass is 300 g/mol. The number of amides is 3. The zero-order valence-electron chi connectivity index (χ0n) is 10.6. The van der Waals surface area contributed by atoms with Crippen LogP contribution in [-0.4, -0.2) is 36.2 Å². The number of aliphatic carboxylic acids is 1. The van der Waals surface area contributed by atoms with Gasteiger partial charge in [-0.25, -0.2) is 9.59 Å². The number of imide groups is 1. The lowest BCUT2D eigenvalue weighted by Crippen LogP contribution is -2.37. The molecule has 0 atom stereocenters. The highest BCUT2D eigenvalue weighted by Gasteiger charge is 2.10. The van der Waals surface area contributed by atoms with Crippen molar-refractivity contribution in [1.82, 2.24) is 5.32 Å². The molecule has 3 amide bonds. The van der Waals surface area contributed by atoms with Gasteiger partial charge in [-0.2, -0.15) is 0 Å². The summed E-state index contributed by atoms with van der Waals surface area (Å²) in [6, 6.07) is 4.21. The van der Waals surface area contributed by atoms with E-state index in [1.807, 2.05) is 5.32 Å². The van der Waals surface area contributed by atoms with Crippen molar-refractivity contribution in [2.24, 2.45) is 0 Å². The summed E-state index contributed by atoms with van der Waals surface area (Å²) in [5.74, 6) is -1.94. The van der Waals surface area contributed by atoms with E-state index < -0.39 is 31.1 Å². The van der Waals surface area contributed by atoms with Crippen LogP contribution in [0.4, 0.5) is 10.5 Å². The smallest absolute Gasteiger partial charge is 0.329 e. The van der Waals surface area contributed by atoms with E-state index >= 15 is 0 Å². The Labute approximate surface area is 119 Å². The van der Waals surface area contributed by atoms with Crippen molar-refractivity contribution in [2.45, 2.75) is 6.92 Å². The lowest BCUT2D eigenvalue weighted by molar-refractivity contribution is -0.143. The van der Waals surface area contributed by atoms with Crippen LogP contribution in [0.1, 0.15) is 5.56 Å². The van der Waals surface area contributed by atoms with Crippen molar-refractivity contribution in [3.8, 4) is 0 Å². The largest absolute Gasteiger partial charge is 0.480 e. The van der Waals surface area contributed by atoms with E-state index in [2.05, 4.69) is 10.1 Å². The SMILES string of the molecule is Cc1c(Cl)cccc1NC(=O)NC(=O)COCC(=O)O. The first-order valence-corrected chi connectivity index (χ1v) is 5.93. The molecule has 0 fully saturated rings.